The zero-order chi connectivity index (χ0) is 21.3. The average molecular weight is 405 g/mol. The number of hydrogen-bond acceptors (Lipinski definition) is 6. The van der Waals surface area contributed by atoms with Crippen LogP contribution in [0.15, 0.2) is 24.3 Å². The molecule has 0 saturated carbocycles. The van der Waals surface area contributed by atoms with Gasteiger partial charge in [0.2, 0.25) is 5.91 Å². The van der Waals surface area contributed by atoms with E-state index in [4.69, 9.17) is 19.9 Å². The summed E-state index contributed by atoms with van der Waals surface area (Å²) < 4.78 is 16.2. The van der Waals surface area contributed by atoms with Gasteiger partial charge in [0.15, 0.2) is 0 Å². The van der Waals surface area contributed by atoms with Gasteiger partial charge in [0.05, 0.1) is 26.4 Å². The molecule has 0 bridgehead atoms. The Morgan fingerprint density at radius 2 is 1.86 bits per heavy atom. The fourth-order valence-corrected chi connectivity index (χ4v) is 2.07. The summed E-state index contributed by atoms with van der Waals surface area (Å²) in [7, 11) is 0. The van der Waals surface area contributed by atoms with Crippen LogP contribution in [0.4, 0.5) is 0 Å². The second-order valence-electron chi connectivity index (χ2n) is 6.34. The van der Waals surface area contributed by atoms with Gasteiger partial charge in [-0.3, -0.25) is 9.59 Å². The van der Waals surface area contributed by atoms with Crippen molar-refractivity contribution >= 4 is 11.8 Å². The van der Waals surface area contributed by atoms with Crippen molar-refractivity contribution in [3.63, 3.8) is 0 Å². The fraction of sp³-hybridized carbons (Fsp3) is 0.524. The van der Waals surface area contributed by atoms with E-state index in [1.54, 1.807) is 24.3 Å². The summed E-state index contributed by atoms with van der Waals surface area (Å²) in [6.45, 7) is 6.45. The Kier molecular flexibility index (Phi) is 12.9. The van der Waals surface area contributed by atoms with Crippen molar-refractivity contribution in [3.05, 3.63) is 29.8 Å². The second-order valence-corrected chi connectivity index (χ2v) is 6.34. The van der Waals surface area contributed by atoms with Crippen molar-refractivity contribution < 1.29 is 23.8 Å². The minimum atomic E-state index is -0.207. The molecule has 29 heavy (non-hydrogen) atoms. The minimum Gasteiger partial charge on any atom is -0.491 e. The molecule has 0 spiro atoms. The highest BCUT2D eigenvalue weighted by Gasteiger charge is 2.05. The van der Waals surface area contributed by atoms with Crippen LogP contribution in [0.1, 0.15) is 24.2 Å². The summed E-state index contributed by atoms with van der Waals surface area (Å²) in [5.74, 6) is 6.31. The van der Waals surface area contributed by atoms with E-state index in [-0.39, 0.29) is 24.3 Å². The Hall–Kier alpha value is -2.60. The molecule has 0 heterocycles. The van der Waals surface area contributed by atoms with Crippen LogP contribution in [0.3, 0.4) is 0 Å². The fourth-order valence-electron chi connectivity index (χ4n) is 2.07. The van der Waals surface area contributed by atoms with Gasteiger partial charge in [0.1, 0.15) is 19.0 Å². The zero-order valence-corrected chi connectivity index (χ0v) is 17.2. The maximum Gasteiger partial charge on any atom is 0.251 e. The highest BCUT2D eigenvalue weighted by molar-refractivity contribution is 5.94. The summed E-state index contributed by atoms with van der Waals surface area (Å²) in [4.78, 5) is 23.4. The molecule has 1 rings (SSSR count). The van der Waals surface area contributed by atoms with Crippen molar-refractivity contribution in [2.75, 3.05) is 52.7 Å². The molecule has 0 aliphatic carbocycles. The average Bonchev–Trinajstić information content (AvgIpc) is 2.71. The summed E-state index contributed by atoms with van der Waals surface area (Å²) in [5, 5.41) is 5.36. The maximum absolute atomic E-state index is 11.9. The molecule has 8 heteroatoms. The predicted octanol–water partition coefficient (Wildman–Crippen LogP) is 0.563. The molecule has 0 radical (unpaired) electrons. The van der Waals surface area contributed by atoms with Crippen LogP contribution in [0.25, 0.3) is 0 Å². The van der Waals surface area contributed by atoms with E-state index < -0.39 is 0 Å². The van der Waals surface area contributed by atoms with Crippen LogP contribution in [-0.2, 0) is 14.3 Å². The van der Waals surface area contributed by atoms with Crippen LogP contribution in [-0.4, -0.2) is 64.5 Å². The normalized spacial score (nSPS) is 10.2. The van der Waals surface area contributed by atoms with Crippen molar-refractivity contribution in [3.8, 4) is 17.6 Å². The number of carbonyl (C=O) groups excluding carboxylic acids is 2. The van der Waals surface area contributed by atoms with Gasteiger partial charge in [-0.15, -0.1) is 0 Å². The first-order chi connectivity index (χ1) is 14.0. The number of ether oxygens (including phenoxy) is 3. The summed E-state index contributed by atoms with van der Waals surface area (Å²) in [5.41, 5.74) is 5.88. The molecule has 0 aliphatic heterocycles. The molecular formula is C21H31N3O5. The lowest BCUT2D eigenvalue weighted by Crippen LogP contribution is -2.28. The number of rotatable bonds is 13. The molecule has 2 amide bonds. The van der Waals surface area contributed by atoms with E-state index in [0.717, 1.165) is 0 Å². The number of benzene rings is 1. The van der Waals surface area contributed by atoms with Crippen LogP contribution in [0.2, 0.25) is 0 Å². The molecule has 160 valence electrons. The Morgan fingerprint density at radius 1 is 1.10 bits per heavy atom. The molecule has 0 aliphatic rings. The molecule has 1 aromatic carbocycles. The van der Waals surface area contributed by atoms with Gasteiger partial charge >= 0.3 is 0 Å². The Morgan fingerprint density at radius 3 is 2.62 bits per heavy atom. The third kappa shape index (κ3) is 12.5. The highest BCUT2D eigenvalue weighted by atomic mass is 16.5. The van der Waals surface area contributed by atoms with Crippen molar-refractivity contribution in [2.24, 2.45) is 11.7 Å². The van der Waals surface area contributed by atoms with E-state index in [2.05, 4.69) is 22.5 Å². The highest BCUT2D eigenvalue weighted by Crippen LogP contribution is 2.13. The van der Waals surface area contributed by atoms with Gasteiger partial charge in [0, 0.05) is 24.6 Å². The monoisotopic (exact) mass is 405 g/mol. The first-order valence-corrected chi connectivity index (χ1v) is 9.64. The molecule has 0 unspecified atom stereocenters. The molecular weight excluding hydrogens is 374 g/mol. The predicted molar refractivity (Wildman–Crippen MR) is 111 cm³/mol. The lowest BCUT2D eigenvalue weighted by atomic mass is 10.2. The lowest BCUT2D eigenvalue weighted by Gasteiger charge is -2.09. The summed E-state index contributed by atoms with van der Waals surface area (Å²) in [6.07, 6.45) is 0. The quantitative estimate of drug-likeness (QED) is 0.327. The summed E-state index contributed by atoms with van der Waals surface area (Å²) in [6, 6.07) is 6.90. The molecule has 0 atom stereocenters. The molecule has 8 nitrogen and oxygen atoms in total. The van der Waals surface area contributed by atoms with Gasteiger partial charge in [0.25, 0.3) is 5.91 Å². The Labute approximate surface area is 172 Å². The second kappa shape index (κ2) is 15.3. The van der Waals surface area contributed by atoms with Crippen molar-refractivity contribution in [1.29, 1.82) is 0 Å². The first-order valence-electron chi connectivity index (χ1n) is 9.64. The zero-order valence-electron chi connectivity index (χ0n) is 17.2. The van der Waals surface area contributed by atoms with Gasteiger partial charge in [-0.25, -0.2) is 0 Å². The van der Waals surface area contributed by atoms with Crippen LogP contribution < -0.4 is 21.1 Å². The lowest BCUT2D eigenvalue weighted by molar-refractivity contribution is -0.126. The van der Waals surface area contributed by atoms with E-state index in [1.165, 1.54) is 0 Å². The van der Waals surface area contributed by atoms with E-state index >= 15 is 0 Å². The third-order valence-corrected chi connectivity index (χ3v) is 3.39. The number of nitrogens with two attached hydrogens (primary N) is 1. The standard InChI is InChI=1S/C21H31N3O5/c1-17(2)5-4-9-23-20(25)16-28-12-11-27-13-14-29-19-7-3-6-18(15-19)21(26)24-10-8-22/h3,6-7,15,17H,8-14,16,22H2,1-2H3,(H,23,25)(H,24,26). The third-order valence-electron chi connectivity index (χ3n) is 3.39. The maximum atomic E-state index is 11.9. The Bertz CT molecular complexity index is 682. The SMILES string of the molecule is CC(C)C#CCNC(=O)COCCOCCOc1cccc(C(=O)NCCN)c1. The van der Waals surface area contributed by atoms with Crippen LogP contribution in [0.5, 0.6) is 5.75 Å². The Balaban J connectivity index is 2.08. The van der Waals surface area contributed by atoms with Crippen molar-refractivity contribution in [2.45, 2.75) is 13.8 Å². The molecule has 0 fully saturated rings. The molecule has 0 saturated heterocycles. The first kappa shape index (κ1) is 24.4. The van der Waals surface area contributed by atoms with Gasteiger partial charge in [-0.05, 0) is 18.2 Å². The van der Waals surface area contributed by atoms with E-state index in [9.17, 15) is 9.59 Å². The van der Waals surface area contributed by atoms with Crippen LogP contribution in [0, 0.1) is 17.8 Å². The largest absolute Gasteiger partial charge is 0.491 e. The number of carbonyl (C=O) groups is 2. The van der Waals surface area contributed by atoms with Crippen LogP contribution >= 0.6 is 0 Å². The molecule has 0 aromatic heterocycles. The number of amides is 2. The molecule has 4 N–H and O–H groups in total. The molecule has 1 aromatic rings. The van der Waals surface area contributed by atoms with Crippen molar-refractivity contribution in [1.82, 2.24) is 10.6 Å². The van der Waals surface area contributed by atoms with E-state index in [1.807, 2.05) is 13.8 Å². The number of nitrogens with one attached hydrogen (secondary N) is 2. The topological polar surface area (TPSA) is 112 Å². The van der Waals surface area contributed by atoms with Gasteiger partial charge < -0.3 is 30.6 Å². The van der Waals surface area contributed by atoms with Gasteiger partial charge in [-0.2, -0.15) is 0 Å². The minimum absolute atomic E-state index is 0.0256. The summed E-state index contributed by atoms with van der Waals surface area (Å²) >= 11 is 0. The smallest absolute Gasteiger partial charge is 0.251 e. The van der Waals surface area contributed by atoms with Gasteiger partial charge in [-0.1, -0.05) is 31.8 Å². The number of hydrogen-bond donors (Lipinski definition) is 3. The van der Waals surface area contributed by atoms with E-state index in [0.29, 0.717) is 57.4 Å².